The van der Waals surface area contributed by atoms with E-state index in [1.165, 1.54) is 28.3 Å². The van der Waals surface area contributed by atoms with Crippen LogP contribution >= 0.6 is 0 Å². The predicted octanol–water partition coefficient (Wildman–Crippen LogP) is 4.29. The Hall–Kier alpha value is -0.343. The molecule has 1 aliphatic carbocycles. The minimum atomic E-state index is -0.553. The summed E-state index contributed by atoms with van der Waals surface area (Å²) in [5.41, 5.74) is 6.22. The topological polar surface area (TPSA) is 12.0 Å². The molecule has 0 aromatic heterocycles. The van der Waals surface area contributed by atoms with Crippen molar-refractivity contribution in [1.82, 2.24) is 5.32 Å². The molecule has 0 saturated carbocycles. The number of nitrogens with one attached hydrogen (secondary N) is 1. The van der Waals surface area contributed by atoms with Gasteiger partial charge in [0.05, 0.1) is 5.54 Å². The van der Waals surface area contributed by atoms with Crippen LogP contribution in [-0.4, -0.2) is 19.9 Å². The van der Waals surface area contributed by atoms with E-state index in [1.54, 1.807) is 0 Å². The van der Waals surface area contributed by atoms with E-state index in [0.29, 0.717) is 0 Å². The lowest BCUT2D eigenvalue weighted by molar-refractivity contribution is 0.332. The predicted molar refractivity (Wildman–Crippen MR) is 86.1 cm³/mol. The van der Waals surface area contributed by atoms with Gasteiger partial charge in [-0.25, -0.2) is 0 Å². The number of hydrogen-bond acceptors (Lipinski definition) is 1. The van der Waals surface area contributed by atoms with E-state index in [1.807, 2.05) is 0 Å². The Morgan fingerprint density at radius 1 is 1.00 bits per heavy atom. The van der Waals surface area contributed by atoms with Crippen molar-refractivity contribution in [2.24, 2.45) is 0 Å². The largest absolute Gasteiger partial charge is 0.300 e. The molecule has 0 heterocycles. The zero-order valence-electron chi connectivity index (χ0n) is 13.8. The summed E-state index contributed by atoms with van der Waals surface area (Å²) in [4.78, 5) is 0. The van der Waals surface area contributed by atoms with Gasteiger partial charge in [0.2, 0.25) is 0 Å². The summed E-state index contributed by atoms with van der Waals surface area (Å²) in [7, 11) is -0.553. The molecular weight excluding hydrogens is 234 g/mol. The van der Waals surface area contributed by atoms with Crippen molar-refractivity contribution < 1.29 is 0 Å². The fourth-order valence-corrected chi connectivity index (χ4v) is 5.67. The summed E-state index contributed by atoms with van der Waals surface area (Å²) in [6.45, 7) is 21.0. The number of allylic oxidation sites excluding steroid dienone is 2. The van der Waals surface area contributed by atoms with Crippen LogP contribution in [0.25, 0.3) is 0 Å². The van der Waals surface area contributed by atoms with Crippen molar-refractivity contribution in [3.8, 4) is 0 Å². The second kappa shape index (κ2) is 4.97. The minimum absolute atomic E-state index is 0.0565. The van der Waals surface area contributed by atoms with Gasteiger partial charge in [-0.1, -0.05) is 13.1 Å². The van der Waals surface area contributed by atoms with Crippen LogP contribution in [0.3, 0.4) is 0 Å². The zero-order chi connectivity index (χ0) is 14.3. The van der Waals surface area contributed by atoms with Crippen LogP contribution in [0.1, 0.15) is 48.5 Å². The van der Waals surface area contributed by atoms with Gasteiger partial charge in [-0.2, -0.15) is 0 Å². The number of hydrogen-bond donors (Lipinski definition) is 1. The zero-order valence-corrected chi connectivity index (χ0v) is 14.9. The third kappa shape index (κ3) is 2.80. The van der Waals surface area contributed by atoms with Gasteiger partial charge in [0, 0.05) is 14.3 Å². The molecule has 1 rings (SSSR count). The summed E-state index contributed by atoms with van der Waals surface area (Å²) in [5, 5.41) is 3.94. The van der Waals surface area contributed by atoms with Crippen LogP contribution in [0, 0.1) is 0 Å². The summed E-state index contributed by atoms with van der Waals surface area (Å²) in [6, 6.07) is 1.33. The summed E-state index contributed by atoms with van der Waals surface area (Å²) >= 11 is 0. The third-order valence-corrected chi connectivity index (χ3v) is 6.53. The summed E-state index contributed by atoms with van der Waals surface area (Å²) in [6.07, 6.45) is 0. The molecule has 2 heteroatoms. The van der Waals surface area contributed by atoms with Crippen LogP contribution in [0.5, 0.6) is 0 Å². The van der Waals surface area contributed by atoms with Crippen molar-refractivity contribution in [2.45, 2.75) is 78.7 Å². The van der Waals surface area contributed by atoms with Crippen LogP contribution < -0.4 is 5.32 Å². The molecule has 0 amide bonds. The van der Waals surface area contributed by atoms with Gasteiger partial charge in [0.25, 0.3) is 0 Å². The molecule has 104 valence electrons. The Morgan fingerprint density at radius 3 is 1.72 bits per heavy atom. The smallest absolute Gasteiger partial charge is 0.0590 e. The van der Waals surface area contributed by atoms with E-state index >= 15 is 0 Å². The molecule has 0 aromatic rings. The Kier molecular flexibility index (Phi) is 4.34. The maximum atomic E-state index is 3.94. The van der Waals surface area contributed by atoms with Crippen LogP contribution in [-0.2, 0) is 0 Å². The van der Waals surface area contributed by atoms with Crippen LogP contribution in [0.15, 0.2) is 22.3 Å². The van der Waals surface area contributed by atoms with Crippen molar-refractivity contribution in [2.75, 3.05) is 0 Å². The minimum Gasteiger partial charge on any atom is -0.300 e. The fraction of sp³-hybridized carbons (Fsp3) is 0.750. The molecule has 0 unspecified atom stereocenters. The van der Waals surface area contributed by atoms with Gasteiger partial charge in [-0.05, 0) is 76.8 Å². The van der Waals surface area contributed by atoms with E-state index in [2.05, 4.69) is 66.9 Å². The molecular formula is C16H31NSi. The first kappa shape index (κ1) is 15.7. The first-order valence-electron chi connectivity index (χ1n) is 7.17. The van der Waals surface area contributed by atoms with Gasteiger partial charge >= 0.3 is 0 Å². The molecule has 1 nitrogen and oxygen atoms in total. The molecule has 0 saturated heterocycles. The number of rotatable bonds is 4. The second-order valence-corrected chi connectivity index (χ2v) is 10.4. The highest BCUT2D eigenvalue weighted by Crippen LogP contribution is 2.41. The molecule has 0 fully saturated rings. The lowest BCUT2D eigenvalue weighted by Crippen LogP contribution is -2.55. The molecule has 0 atom stereocenters. The fourth-order valence-electron chi connectivity index (χ4n) is 3.53. The average molecular weight is 266 g/mol. The Morgan fingerprint density at radius 2 is 1.39 bits per heavy atom. The van der Waals surface area contributed by atoms with E-state index in [4.69, 9.17) is 0 Å². The van der Waals surface area contributed by atoms with Gasteiger partial charge in [0.1, 0.15) is 0 Å². The molecule has 1 N–H and O–H groups in total. The third-order valence-electron chi connectivity index (χ3n) is 4.69. The lowest BCUT2D eigenvalue weighted by atomic mass is 9.86. The molecule has 18 heavy (non-hydrogen) atoms. The Bertz CT molecular complexity index is 375. The van der Waals surface area contributed by atoms with Crippen molar-refractivity contribution in [3.05, 3.63) is 22.3 Å². The molecule has 0 bridgehead atoms. The van der Waals surface area contributed by atoms with E-state index < -0.39 is 8.80 Å². The molecule has 0 aliphatic heterocycles. The highest BCUT2D eigenvalue weighted by Gasteiger charge is 2.39. The van der Waals surface area contributed by atoms with Crippen LogP contribution in [0.4, 0.5) is 0 Å². The quantitative estimate of drug-likeness (QED) is 0.748. The van der Waals surface area contributed by atoms with Gasteiger partial charge in [0.15, 0.2) is 0 Å². The summed E-state index contributed by atoms with van der Waals surface area (Å²) < 4.78 is 0. The van der Waals surface area contributed by atoms with E-state index in [9.17, 15) is 0 Å². The van der Waals surface area contributed by atoms with E-state index in [-0.39, 0.29) is 11.1 Å². The normalized spacial score (nSPS) is 20.3. The lowest BCUT2D eigenvalue weighted by Gasteiger charge is -2.40. The van der Waals surface area contributed by atoms with Gasteiger partial charge in [-0.15, -0.1) is 0 Å². The first-order valence-corrected chi connectivity index (χ1v) is 10.3. The first-order chi connectivity index (χ1) is 8.01. The van der Waals surface area contributed by atoms with Crippen molar-refractivity contribution in [3.63, 3.8) is 0 Å². The monoisotopic (exact) mass is 265 g/mol. The maximum absolute atomic E-state index is 3.94. The highest BCUT2D eigenvalue weighted by molar-refractivity contribution is 6.56. The molecule has 0 aromatic carbocycles. The Balaban J connectivity index is 3.04. The van der Waals surface area contributed by atoms with Crippen LogP contribution in [0.2, 0.25) is 19.1 Å². The second-order valence-electron chi connectivity index (χ2n) is 7.23. The van der Waals surface area contributed by atoms with E-state index in [0.717, 1.165) is 0 Å². The maximum Gasteiger partial charge on any atom is 0.0590 e. The SMILES string of the molecule is CC1=C(C)C(C)(NC(C)(C)C[SiH](C)C)C(C)=C1C. The molecule has 0 spiro atoms. The molecule has 1 aliphatic rings. The molecule has 0 radical (unpaired) electrons. The van der Waals surface area contributed by atoms with Gasteiger partial charge in [-0.3, -0.25) is 5.32 Å². The highest BCUT2D eigenvalue weighted by atomic mass is 28.3. The Labute approximate surface area is 115 Å². The average Bonchev–Trinajstić information content (AvgIpc) is 2.32. The van der Waals surface area contributed by atoms with Crippen molar-refractivity contribution in [1.29, 1.82) is 0 Å². The van der Waals surface area contributed by atoms with Gasteiger partial charge < -0.3 is 0 Å². The summed E-state index contributed by atoms with van der Waals surface area (Å²) in [5.74, 6) is 0. The standard InChI is InChI=1S/C16H31NSi/c1-11-12(2)14(4)16(7,13(11)3)17-15(5,6)10-18(8)9/h17-18H,10H2,1-9H3. The van der Waals surface area contributed by atoms with Crippen molar-refractivity contribution >= 4 is 8.80 Å².